The third kappa shape index (κ3) is 2.38. The van der Waals surface area contributed by atoms with Gasteiger partial charge in [-0.2, -0.15) is 0 Å². The van der Waals surface area contributed by atoms with Gasteiger partial charge >= 0.3 is 0 Å². The monoisotopic (exact) mass is 166 g/mol. The van der Waals surface area contributed by atoms with Crippen molar-refractivity contribution in [2.24, 2.45) is 0 Å². The predicted molar refractivity (Wildman–Crippen MR) is 52.2 cm³/mol. The number of rotatable bonds is 3. The Labute approximate surface area is 74.4 Å². The number of hydrogen-bond acceptors (Lipinski definition) is 1. The van der Waals surface area contributed by atoms with E-state index in [1.165, 1.54) is 17.0 Å². The molecule has 0 unspecified atom stereocenters. The molecule has 1 aromatic heterocycles. The zero-order valence-corrected chi connectivity index (χ0v) is 8.36. The van der Waals surface area contributed by atoms with Crippen LogP contribution in [0.5, 0.6) is 0 Å². The summed E-state index contributed by atoms with van der Waals surface area (Å²) in [5.74, 6) is 0. The van der Waals surface area contributed by atoms with Gasteiger partial charge in [-0.3, -0.25) is 0 Å². The smallest absolute Gasteiger partial charge is 0.0225 e. The maximum absolute atomic E-state index is 3.40. The molecular formula is C10H18N2. The van der Waals surface area contributed by atoms with Crippen molar-refractivity contribution < 1.29 is 0 Å². The van der Waals surface area contributed by atoms with Crippen LogP contribution < -0.4 is 5.32 Å². The second-order valence-corrected chi connectivity index (χ2v) is 3.64. The molecule has 0 radical (unpaired) electrons. The molecule has 1 aromatic rings. The van der Waals surface area contributed by atoms with Gasteiger partial charge in [0, 0.05) is 24.0 Å². The van der Waals surface area contributed by atoms with Crippen molar-refractivity contribution in [2.45, 2.75) is 40.3 Å². The van der Waals surface area contributed by atoms with Crippen molar-refractivity contribution in [1.29, 1.82) is 0 Å². The van der Waals surface area contributed by atoms with Gasteiger partial charge in [-0.05, 0) is 25.5 Å². The first-order valence-electron chi connectivity index (χ1n) is 4.48. The Morgan fingerprint density at radius 2 is 2.08 bits per heavy atom. The molecule has 0 spiro atoms. The molecule has 0 fully saturated rings. The highest BCUT2D eigenvalue weighted by molar-refractivity contribution is 5.23. The Hall–Kier alpha value is -0.760. The zero-order valence-electron chi connectivity index (χ0n) is 8.36. The van der Waals surface area contributed by atoms with Crippen LogP contribution >= 0.6 is 0 Å². The molecule has 0 aliphatic heterocycles. The average Bonchev–Trinajstić information content (AvgIpc) is 2.26. The van der Waals surface area contributed by atoms with Crippen LogP contribution in [0.25, 0.3) is 0 Å². The molecular weight excluding hydrogens is 148 g/mol. The summed E-state index contributed by atoms with van der Waals surface area (Å²) in [5.41, 5.74) is 3.90. The maximum Gasteiger partial charge on any atom is 0.0225 e. The van der Waals surface area contributed by atoms with Crippen molar-refractivity contribution in [1.82, 2.24) is 10.3 Å². The quantitative estimate of drug-likeness (QED) is 0.707. The highest BCUT2D eigenvalue weighted by atomic mass is 14.9. The molecule has 0 atom stereocenters. The van der Waals surface area contributed by atoms with E-state index < -0.39 is 0 Å². The average molecular weight is 166 g/mol. The van der Waals surface area contributed by atoms with E-state index in [2.05, 4.69) is 44.1 Å². The molecule has 0 saturated carbocycles. The SMILES string of the molecule is Cc1cc(CNC(C)C)c(C)[nH]1. The number of aromatic amines is 1. The molecule has 0 aliphatic rings. The topological polar surface area (TPSA) is 27.8 Å². The van der Waals surface area contributed by atoms with E-state index in [0.29, 0.717) is 6.04 Å². The third-order valence-corrected chi connectivity index (χ3v) is 1.96. The Morgan fingerprint density at radius 1 is 1.42 bits per heavy atom. The van der Waals surface area contributed by atoms with Gasteiger partial charge in [0.1, 0.15) is 0 Å². The zero-order chi connectivity index (χ0) is 9.14. The minimum absolute atomic E-state index is 0.555. The van der Waals surface area contributed by atoms with E-state index in [0.717, 1.165) is 6.54 Å². The molecule has 2 heteroatoms. The molecule has 0 saturated heterocycles. The highest BCUT2D eigenvalue weighted by Crippen LogP contribution is 2.08. The lowest BCUT2D eigenvalue weighted by atomic mass is 10.2. The first kappa shape index (κ1) is 9.33. The van der Waals surface area contributed by atoms with Gasteiger partial charge in [0.25, 0.3) is 0 Å². The first-order valence-corrected chi connectivity index (χ1v) is 4.48. The van der Waals surface area contributed by atoms with E-state index in [-0.39, 0.29) is 0 Å². The van der Waals surface area contributed by atoms with E-state index in [1.54, 1.807) is 0 Å². The van der Waals surface area contributed by atoms with Gasteiger partial charge < -0.3 is 10.3 Å². The van der Waals surface area contributed by atoms with Crippen LogP contribution in [0.3, 0.4) is 0 Å². The molecule has 0 aliphatic carbocycles. The lowest BCUT2D eigenvalue weighted by Gasteiger charge is -2.06. The van der Waals surface area contributed by atoms with Crippen molar-refractivity contribution >= 4 is 0 Å². The van der Waals surface area contributed by atoms with Crippen molar-refractivity contribution in [3.05, 3.63) is 23.0 Å². The summed E-state index contributed by atoms with van der Waals surface area (Å²) in [6, 6.07) is 2.75. The second kappa shape index (κ2) is 3.76. The van der Waals surface area contributed by atoms with Gasteiger partial charge in [-0.15, -0.1) is 0 Å². The molecule has 1 rings (SSSR count). The molecule has 12 heavy (non-hydrogen) atoms. The van der Waals surface area contributed by atoms with Crippen LogP contribution in [0.4, 0.5) is 0 Å². The second-order valence-electron chi connectivity index (χ2n) is 3.64. The molecule has 0 amide bonds. The number of hydrogen-bond donors (Lipinski definition) is 2. The molecule has 2 nitrogen and oxygen atoms in total. The van der Waals surface area contributed by atoms with Crippen LogP contribution in [-0.4, -0.2) is 11.0 Å². The fourth-order valence-electron chi connectivity index (χ4n) is 1.28. The summed E-state index contributed by atoms with van der Waals surface area (Å²) >= 11 is 0. The third-order valence-electron chi connectivity index (χ3n) is 1.96. The van der Waals surface area contributed by atoms with E-state index in [4.69, 9.17) is 0 Å². The van der Waals surface area contributed by atoms with Gasteiger partial charge in [0.2, 0.25) is 0 Å². The van der Waals surface area contributed by atoms with Gasteiger partial charge in [0.15, 0.2) is 0 Å². The summed E-state index contributed by atoms with van der Waals surface area (Å²) in [6.45, 7) is 9.49. The Bertz CT molecular complexity index is 248. The normalized spacial score (nSPS) is 11.1. The number of aromatic nitrogens is 1. The number of nitrogens with one attached hydrogen (secondary N) is 2. The minimum atomic E-state index is 0.555. The lowest BCUT2D eigenvalue weighted by Crippen LogP contribution is -2.21. The predicted octanol–water partition coefficient (Wildman–Crippen LogP) is 2.13. The van der Waals surface area contributed by atoms with E-state index in [9.17, 15) is 0 Å². The van der Waals surface area contributed by atoms with Crippen molar-refractivity contribution in [2.75, 3.05) is 0 Å². The minimum Gasteiger partial charge on any atom is -0.362 e. The summed E-state index contributed by atoms with van der Waals surface area (Å²) in [5, 5.41) is 3.40. The van der Waals surface area contributed by atoms with Crippen LogP contribution in [0, 0.1) is 13.8 Å². The molecule has 68 valence electrons. The van der Waals surface area contributed by atoms with Crippen molar-refractivity contribution in [3.63, 3.8) is 0 Å². The lowest BCUT2D eigenvalue weighted by molar-refractivity contribution is 0.587. The standard InChI is InChI=1S/C10H18N2/c1-7(2)11-6-10-5-8(3)12-9(10)4/h5,7,11-12H,6H2,1-4H3. The van der Waals surface area contributed by atoms with E-state index in [1.807, 2.05) is 0 Å². The van der Waals surface area contributed by atoms with Crippen LogP contribution in [0.1, 0.15) is 30.8 Å². The molecule has 1 heterocycles. The first-order chi connectivity index (χ1) is 5.59. The Balaban J connectivity index is 2.57. The van der Waals surface area contributed by atoms with Gasteiger partial charge in [-0.1, -0.05) is 13.8 Å². The molecule has 0 aromatic carbocycles. The van der Waals surface area contributed by atoms with E-state index >= 15 is 0 Å². The Morgan fingerprint density at radius 3 is 2.50 bits per heavy atom. The number of aryl methyl sites for hydroxylation is 2. The van der Waals surface area contributed by atoms with Crippen LogP contribution in [-0.2, 0) is 6.54 Å². The summed E-state index contributed by atoms with van der Waals surface area (Å²) in [6.07, 6.45) is 0. The molecule has 2 N–H and O–H groups in total. The summed E-state index contributed by atoms with van der Waals surface area (Å²) in [4.78, 5) is 3.29. The Kier molecular flexibility index (Phi) is 2.93. The van der Waals surface area contributed by atoms with Gasteiger partial charge in [-0.25, -0.2) is 0 Å². The van der Waals surface area contributed by atoms with Crippen LogP contribution in [0.2, 0.25) is 0 Å². The van der Waals surface area contributed by atoms with Crippen molar-refractivity contribution in [3.8, 4) is 0 Å². The van der Waals surface area contributed by atoms with Crippen LogP contribution in [0.15, 0.2) is 6.07 Å². The highest BCUT2D eigenvalue weighted by Gasteiger charge is 2.01. The maximum atomic E-state index is 3.40. The largest absolute Gasteiger partial charge is 0.362 e. The molecule has 0 bridgehead atoms. The number of H-pyrrole nitrogens is 1. The van der Waals surface area contributed by atoms with Gasteiger partial charge in [0.05, 0.1) is 0 Å². The summed E-state index contributed by atoms with van der Waals surface area (Å²) < 4.78 is 0. The fraction of sp³-hybridized carbons (Fsp3) is 0.600. The summed E-state index contributed by atoms with van der Waals surface area (Å²) in [7, 11) is 0. The fourth-order valence-corrected chi connectivity index (χ4v) is 1.28.